The summed E-state index contributed by atoms with van der Waals surface area (Å²) in [4.78, 5) is 10.8. The second-order valence-corrected chi connectivity index (χ2v) is 2.89. The number of ether oxygens (including phenoxy) is 1. The van der Waals surface area contributed by atoms with E-state index in [1.54, 1.807) is 0 Å². The predicted octanol–water partition coefficient (Wildman–Crippen LogP) is 0.564. The molecule has 0 bridgehead atoms. The van der Waals surface area contributed by atoms with Crippen LogP contribution in [0.3, 0.4) is 0 Å². The first-order valence-electron chi connectivity index (χ1n) is 3.50. The largest absolute Gasteiger partial charge is 0.469 e. The lowest BCUT2D eigenvalue weighted by Crippen LogP contribution is -2.20. The molecule has 0 heterocycles. The smallest absolute Gasteiger partial charge is 0.309 e. The Bertz CT molecular complexity index is 149. The molecule has 11 heavy (non-hydrogen) atoms. The summed E-state index contributed by atoms with van der Waals surface area (Å²) in [6.45, 7) is 1.92. The Labute approximate surface area is 72.7 Å². The lowest BCUT2D eigenvalue weighted by Gasteiger charge is -2.01. The molecule has 1 fully saturated rings. The molecule has 0 spiro atoms. The third-order valence-corrected chi connectivity index (χ3v) is 2.02. The molecular formula is C7H14ClNO2. The van der Waals surface area contributed by atoms with Crippen molar-refractivity contribution in [3.8, 4) is 0 Å². The molecular weight excluding hydrogens is 166 g/mol. The maximum atomic E-state index is 10.8. The van der Waals surface area contributed by atoms with Crippen molar-refractivity contribution < 1.29 is 9.53 Å². The summed E-state index contributed by atoms with van der Waals surface area (Å²) >= 11 is 0. The van der Waals surface area contributed by atoms with Gasteiger partial charge in [-0.15, -0.1) is 12.4 Å². The van der Waals surface area contributed by atoms with E-state index in [1.165, 1.54) is 7.11 Å². The molecule has 1 rings (SSSR count). The van der Waals surface area contributed by atoms with E-state index in [2.05, 4.69) is 4.74 Å². The highest BCUT2D eigenvalue weighted by Gasteiger charge is 2.45. The van der Waals surface area contributed by atoms with Gasteiger partial charge in [-0.25, -0.2) is 0 Å². The van der Waals surface area contributed by atoms with E-state index in [1.807, 2.05) is 6.92 Å². The van der Waals surface area contributed by atoms with Gasteiger partial charge in [-0.3, -0.25) is 4.79 Å². The monoisotopic (exact) mass is 179 g/mol. The van der Waals surface area contributed by atoms with Crippen molar-refractivity contribution in [2.45, 2.75) is 19.4 Å². The lowest BCUT2D eigenvalue weighted by atomic mass is 10.2. The van der Waals surface area contributed by atoms with E-state index in [0.717, 1.165) is 6.42 Å². The Balaban J connectivity index is 0.000001000. The number of carbonyl (C=O) groups is 1. The second kappa shape index (κ2) is 3.93. The van der Waals surface area contributed by atoms with Crippen molar-refractivity contribution in [2.24, 2.45) is 17.6 Å². The minimum absolute atomic E-state index is 0. The molecule has 3 nitrogen and oxygen atoms in total. The van der Waals surface area contributed by atoms with Crippen molar-refractivity contribution in [1.29, 1.82) is 0 Å². The van der Waals surface area contributed by atoms with Gasteiger partial charge in [0.1, 0.15) is 0 Å². The molecule has 0 aromatic carbocycles. The van der Waals surface area contributed by atoms with Gasteiger partial charge in [-0.2, -0.15) is 0 Å². The molecule has 0 radical (unpaired) electrons. The van der Waals surface area contributed by atoms with Crippen LogP contribution in [0, 0.1) is 11.8 Å². The molecule has 66 valence electrons. The van der Waals surface area contributed by atoms with E-state index in [-0.39, 0.29) is 30.3 Å². The normalized spacial score (nSPS) is 30.1. The van der Waals surface area contributed by atoms with Crippen LogP contribution in [0.25, 0.3) is 0 Å². The van der Waals surface area contributed by atoms with Crippen molar-refractivity contribution >= 4 is 18.4 Å². The first kappa shape index (κ1) is 10.7. The van der Waals surface area contributed by atoms with Gasteiger partial charge in [0.2, 0.25) is 0 Å². The maximum absolute atomic E-state index is 10.8. The molecule has 2 N–H and O–H groups in total. The molecule has 3 unspecified atom stereocenters. The number of halogens is 1. The molecule has 4 heteroatoms. The number of carbonyl (C=O) groups excluding carboxylic acids is 1. The zero-order chi connectivity index (χ0) is 7.72. The van der Waals surface area contributed by atoms with E-state index in [4.69, 9.17) is 5.73 Å². The van der Waals surface area contributed by atoms with Gasteiger partial charge in [0.25, 0.3) is 0 Å². The molecule has 0 aromatic heterocycles. The van der Waals surface area contributed by atoms with Crippen LogP contribution in [0.2, 0.25) is 0 Å². The quantitative estimate of drug-likeness (QED) is 0.631. The first-order valence-corrected chi connectivity index (χ1v) is 3.50. The van der Waals surface area contributed by atoms with Crippen molar-refractivity contribution in [3.05, 3.63) is 0 Å². The minimum Gasteiger partial charge on any atom is -0.469 e. The molecule has 3 atom stereocenters. The van der Waals surface area contributed by atoms with E-state index >= 15 is 0 Å². The number of hydrogen-bond acceptors (Lipinski definition) is 3. The maximum Gasteiger partial charge on any atom is 0.309 e. The Morgan fingerprint density at radius 3 is 2.55 bits per heavy atom. The molecule has 1 aliphatic rings. The van der Waals surface area contributed by atoms with E-state index in [9.17, 15) is 4.79 Å². The predicted molar refractivity (Wildman–Crippen MR) is 44.5 cm³/mol. The fourth-order valence-electron chi connectivity index (χ4n) is 1.22. The zero-order valence-electron chi connectivity index (χ0n) is 6.74. The third-order valence-electron chi connectivity index (χ3n) is 2.02. The van der Waals surface area contributed by atoms with Gasteiger partial charge >= 0.3 is 5.97 Å². The second-order valence-electron chi connectivity index (χ2n) is 2.89. The van der Waals surface area contributed by atoms with Crippen LogP contribution in [-0.4, -0.2) is 19.1 Å². The SMILES string of the molecule is COC(=O)C1CC1C(C)N.Cl. The number of rotatable bonds is 2. The molecule has 1 aliphatic carbocycles. The molecule has 0 aromatic rings. The summed E-state index contributed by atoms with van der Waals surface area (Å²) in [7, 11) is 1.42. The highest BCUT2D eigenvalue weighted by atomic mass is 35.5. The molecule has 0 aliphatic heterocycles. The van der Waals surface area contributed by atoms with Crippen LogP contribution >= 0.6 is 12.4 Å². The van der Waals surface area contributed by atoms with Crippen LogP contribution in [0.15, 0.2) is 0 Å². The van der Waals surface area contributed by atoms with Gasteiger partial charge in [-0.1, -0.05) is 0 Å². The molecule has 0 saturated heterocycles. The van der Waals surface area contributed by atoms with Crippen LogP contribution in [0.1, 0.15) is 13.3 Å². The number of esters is 1. The van der Waals surface area contributed by atoms with Crippen LogP contribution in [0.5, 0.6) is 0 Å². The summed E-state index contributed by atoms with van der Waals surface area (Å²) in [5.41, 5.74) is 5.57. The highest BCUT2D eigenvalue weighted by Crippen LogP contribution is 2.41. The Hall–Kier alpha value is -0.280. The summed E-state index contributed by atoms with van der Waals surface area (Å²) < 4.78 is 4.56. The summed E-state index contributed by atoms with van der Waals surface area (Å²) in [6.07, 6.45) is 0.907. The standard InChI is InChI=1S/C7H13NO2.ClH/c1-4(8)5-3-6(5)7(9)10-2;/h4-6H,3,8H2,1-2H3;1H. The molecule has 0 amide bonds. The van der Waals surface area contributed by atoms with Crippen LogP contribution in [-0.2, 0) is 9.53 Å². The Morgan fingerprint density at radius 2 is 2.27 bits per heavy atom. The van der Waals surface area contributed by atoms with E-state index in [0.29, 0.717) is 5.92 Å². The summed E-state index contributed by atoms with van der Waals surface area (Å²) in [5, 5.41) is 0. The number of methoxy groups -OCH3 is 1. The van der Waals surface area contributed by atoms with Crippen LogP contribution < -0.4 is 5.73 Å². The summed E-state index contributed by atoms with van der Waals surface area (Å²) in [6, 6.07) is 0.129. The van der Waals surface area contributed by atoms with Crippen molar-refractivity contribution in [3.63, 3.8) is 0 Å². The van der Waals surface area contributed by atoms with Crippen molar-refractivity contribution in [2.75, 3.05) is 7.11 Å². The van der Waals surface area contributed by atoms with Gasteiger partial charge in [0, 0.05) is 6.04 Å². The van der Waals surface area contributed by atoms with Crippen LogP contribution in [0.4, 0.5) is 0 Å². The average molecular weight is 180 g/mol. The van der Waals surface area contributed by atoms with Gasteiger partial charge in [0.15, 0.2) is 0 Å². The van der Waals surface area contributed by atoms with Gasteiger partial charge in [-0.05, 0) is 19.3 Å². The third kappa shape index (κ3) is 2.34. The lowest BCUT2D eigenvalue weighted by molar-refractivity contribution is -0.142. The minimum atomic E-state index is -0.109. The fourth-order valence-corrected chi connectivity index (χ4v) is 1.22. The Morgan fingerprint density at radius 1 is 1.73 bits per heavy atom. The summed E-state index contributed by atoms with van der Waals surface area (Å²) in [5.74, 6) is 0.347. The zero-order valence-corrected chi connectivity index (χ0v) is 7.56. The fraction of sp³-hybridized carbons (Fsp3) is 0.857. The highest BCUT2D eigenvalue weighted by molar-refractivity contribution is 5.85. The van der Waals surface area contributed by atoms with Crippen molar-refractivity contribution in [1.82, 2.24) is 0 Å². The molecule has 1 saturated carbocycles. The average Bonchev–Trinajstić information content (AvgIpc) is 2.64. The number of hydrogen-bond donors (Lipinski definition) is 1. The number of nitrogens with two attached hydrogens (primary N) is 1. The van der Waals surface area contributed by atoms with E-state index < -0.39 is 0 Å². The first-order chi connectivity index (χ1) is 4.66. The Kier molecular flexibility index (Phi) is 3.83. The topological polar surface area (TPSA) is 52.3 Å². The van der Waals surface area contributed by atoms with Gasteiger partial charge in [0.05, 0.1) is 13.0 Å². The van der Waals surface area contributed by atoms with Gasteiger partial charge < -0.3 is 10.5 Å².